The van der Waals surface area contributed by atoms with Gasteiger partial charge in [0.25, 0.3) is 0 Å². The fourth-order valence-corrected chi connectivity index (χ4v) is 3.09. The first-order valence-corrected chi connectivity index (χ1v) is 9.45. The van der Waals surface area contributed by atoms with Gasteiger partial charge >= 0.3 is 11.9 Å². The molecule has 0 aromatic carbocycles. The summed E-state index contributed by atoms with van der Waals surface area (Å²) < 4.78 is 0. The highest BCUT2D eigenvalue weighted by Gasteiger charge is 2.38. The summed E-state index contributed by atoms with van der Waals surface area (Å²) in [5, 5.41) is 22.2. The molecule has 1 rings (SSSR count). The van der Waals surface area contributed by atoms with Crippen molar-refractivity contribution in [3.63, 3.8) is 0 Å². The van der Waals surface area contributed by atoms with Crippen molar-refractivity contribution in [1.29, 1.82) is 0 Å². The van der Waals surface area contributed by atoms with Gasteiger partial charge in [-0.25, -0.2) is 0 Å². The lowest BCUT2D eigenvalue weighted by Crippen LogP contribution is -2.56. The molecule has 1 heterocycles. The molecule has 0 saturated carbocycles. The molecule has 12 nitrogen and oxygen atoms in total. The number of carbonyl (C=O) groups excluding carboxylic acids is 3. The third kappa shape index (κ3) is 8.03. The van der Waals surface area contributed by atoms with Crippen LogP contribution in [0.3, 0.4) is 0 Å². The summed E-state index contributed by atoms with van der Waals surface area (Å²) in [6.45, 7) is 0.129. The summed E-state index contributed by atoms with van der Waals surface area (Å²) >= 11 is 0. The average Bonchev–Trinajstić information content (AvgIpc) is 3.14. The van der Waals surface area contributed by atoms with Crippen molar-refractivity contribution in [3.05, 3.63) is 0 Å². The molecule has 8 N–H and O–H groups in total. The van der Waals surface area contributed by atoms with E-state index in [2.05, 4.69) is 10.6 Å². The maximum Gasteiger partial charge on any atom is 0.322 e. The number of hydrogen-bond donors (Lipinski definition) is 6. The molecule has 1 aliphatic heterocycles. The van der Waals surface area contributed by atoms with E-state index in [1.807, 2.05) is 0 Å². The van der Waals surface area contributed by atoms with E-state index in [9.17, 15) is 24.0 Å². The Kier molecular flexibility index (Phi) is 10.0. The molecule has 0 radical (unpaired) electrons. The van der Waals surface area contributed by atoms with Gasteiger partial charge in [-0.1, -0.05) is 0 Å². The third-order valence-corrected chi connectivity index (χ3v) is 4.55. The molecule has 0 bridgehead atoms. The number of aliphatic carboxylic acids is 2. The Balaban J connectivity index is 2.85. The normalized spacial score (nSPS) is 18.0. The molecule has 0 aromatic rings. The van der Waals surface area contributed by atoms with Crippen LogP contribution < -0.4 is 22.1 Å². The number of nitrogens with zero attached hydrogens (tertiary/aromatic N) is 1. The second-order valence-corrected chi connectivity index (χ2v) is 6.85. The molecule has 164 valence electrons. The number of nitrogens with one attached hydrogen (secondary N) is 2. The minimum absolute atomic E-state index is 0.252. The highest BCUT2D eigenvalue weighted by Crippen LogP contribution is 2.20. The molecule has 0 aromatic heterocycles. The van der Waals surface area contributed by atoms with Gasteiger partial charge in [-0.05, 0) is 38.6 Å². The Morgan fingerprint density at radius 2 is 1.79 bits per heavy atom. The Hall–Kier alpha value is -2.73. The number of hydrogen-bond acceptors (Lipinski definition) is 7. The lowest BCUT2D eigenvalue weighted by Gasteiger charge is -2.29. The first kappa shape index (κ1) is 24.3. The highest BCUT2D eigenvalue weighted by molar-refractivity contribution is 5.94. The highest BCUT2D eigenvalue weighted by atomic mass is 16.4. The van der Waals surface area contributed by atoms with Crippen LogP contribution in [0.2, 0.25) is 0 Å². The van der Waals surface area contributed by atoms with Crippen LogP contribution >= 0.6 is 0 Å². The number of carbonyl (C=O) groups is 5. The van der Waals surface area contributed by atoms with Crippen molar-refractivity contribution in [2.45, 2.75) is 56.7 Å². The van der Waals surface area contributed by atoms with Crippen molar-refractivity contribution in [1.82, 2.24) is 15.5 Å². The number of carboxylic acids is 2. The monoisotopic (exact) mass is 415 g/mol. The van der Waals surface area contributed by atoms with Gasteiger partial charge in [0.1, 0.15) is 18.6 Å². The van der Waals surface area contributed by atoms with E-state index in [1.54, 1.807) is 0 Å². The summed E-state index contributed by atoms with van der Waals surface area (Å²) in [6, 6.07) is -3.13. The second-order valence-electron chi connectivity index (χ2n) is 6.85. The van der Waals surface area contributed by atoms with Gasteiger partial charge in [0.05, 0.1) is 12.5 Å². The van der Waals surface area contributed by atoms with Gasteiger partial charge < -0.3 is 37.2 Å². The van der Waals surface area contributed by atoms with Gasteiger partial charge in [0.2, 0.25) is 17.7 Å². The van der Waals surface area contributed by atoms with E-state index >= 15 is 0 Å². The Morgan fingerprint density at radius 3 is 2.38 bits per heavy atom. The van der Waals surface area contributed by atoms with Crippen molar-refractivity contribution in [3.8, 4) is 0 Å². The molecule has 12 heteroatoms. The number of amides is 3. The summed E-state index contributed by atoms with van der Waals surface area (Å²) in [5.74, 6) is -4.29. The molecule has 1 saturated heterocycles. The van der Waals surface area contributed by atoms with Crippen LogP contribution in [0.4, 0.5) is 0 Å². The van der Waals surface area contributed by atoms with E-state index < -0.39 is 60.8 Å². The van der Waals surface area contributed by atoms with Crippen LogP contribution in [0.1, 0.15) is 38.5 Å². The molecular weight excluding hydrogens is 386 g/mol. The number of carboxylic acid groups (broad SMARTS) is 2. The minimum Gasteiger partial charge on any atom is -0.481 e. The smallest absolute Gasteiger partial charge is 0.322 e. The molecule has 3 amide bonds. The van der Waals surface area contributed by atoms with E-state index in [1.165, 1.54) is 4.90 Å². The van der Waals surface area contributed by atoms with Crippen LogP contribution in [0.15, 0.2) is 0 Å². The van der Waals surface area contributed by atoms with E-state index in [4.69, 9.17) is 21.7 Å². The zero-order chi connectivity index (χ0) is 22.0. The van der Waals surface area contributed by atoms with Gasteiger partial charge in [-0.15, -0.1) is 0 Å². The van der Waals surface area contributed by atoms with Crippen molar-refractivity contribution in [2.75, 3.05) is 19.6 Å². The minimum atomic E-state index is -1.31. The van der Waals surface area contributed by atoms with E-state index in [-0.39, 0.29) is 13.0 Å². The van der Waals surface area contributed by atoms with Gasteiger partial charge in [0, 0.05) is 6.54 Å². The van der Waals surface area contributed by atoms with Crippen LogP contribution in [0, 0.1) is 0 Å². The Bertz CT molecular complexity index is 627. The van der Waals surface area contributed by atoms with E-state index in [0.717, 1.165) is 0 Å². The molecular formula is C17H29N5O7. The predicted molar refractivity (Wildman–Crippen MR) is 100 cm³/mol. The zero-order valence-electron chi connectivity index (χ0n) is 16.1. The summed E-state index contributed by atoms with van der Waals surface area (Å²) in [4.78, 5) is 60.1. The van der Waals surface area contributed by atoms with Crippen molar-refractivity contribution < 1.29 is 34.2 Å². The SMILES string of the molecule is NCCCCC(NC(=O)C(N)CC(=O)O)C(=O)N1CCCC1C(=O)NCC(=O)O. The predicted octanol–water partition coefficient (Wildman–Crippen LogP) is -2.41. The summed E-state index contributed by atoms with van der Waals surface area (Å²) in [6.07, 6.45) is 1.74. The average molecular weight is 415 g/mol. The maximum atomic E-state index is 13.0. The fourth-order valence-electron chi connectivity index (χ4n) is 3.09. The summed E-state index contributed by atoms with van der Waals surface area (Å²) in [5.41, 5.74) is 11.0. The van der Waals surface area contributed by atoms with Gasteiger partial charge in [-0.2, -0.15) is 0 Å². The van der Waals surface area contributed by atoms with E-state index in [0.29, 0.717) is 32.2 Å². The molecule has 29 heavy (non-hydrogen) atoms. The van der Waals surface area contributed by atoms with Crippen molar-refractivity contribution >= 4 is 29.7 Å². The number of rotatable bonds is 12. The molecule has 1 fully saturated rings. The molecule has 0 aliphatic carbocycles. The maximum absolute atomic E-state index is 13.0. The number of unbranched alkanes of at least 4 members (excludes halogenated alkanes) is 1. The van der Waals surface area contributed by atoms with Crippen LogP contribution in [0.25, 0.3) is 0 Å². The number of nitrogens with two attached hydrogens (primary N) is 2. The first-order chi connectivity index (χ1) is 13.7. The molecule has 1 aliphatic rings. The quantitative estimate of drug-likeness (QED) is 0.187. The zero-order valence-corrected chi connectivity index (χ0v) is 16.1. The van der Waals surface area contributed by atoms with Gasteiger partial charge in [0.15, 0.2) is 0 Å². The molecule has 3 atom stereocenters. The lowest BCUT2D eigenvalue weighted by atomic mass is 10.1. The third-order valence-electron chi connectivity index (χ3n) is 4.55. The number of likely N-dealkylation sites (tertiary alicyclic amines) is 1. The van der Waals surface area contributed by atoms with Crippen LogP contribution in [-0.4, -0.2) is 82.5 Å². The first-order valence-electron chi connectivity index (χ1n) is 9.45. The standard InChI is InChI=1S/C17H29N5O7/c18-6-2-1-4-11(21-15(27)10(19)8-13(23)24)17(29)22-7-3-5-12(22)16(28)20-9-14(25)26/h10-12H,1-9,18-19H2,(H,20,28)(H,21,27)(H,23,24)(H,25,26). The van der Waals surface area contributed by atoms with Gasteiger partial charge in [-0.3, -0.25) is 24.0 Å². The summed E-state index contributed by atoms with van der Waals surface area (Å²) in [7, 11) is 0. The molecule has 0 spiro atoms. The van der Waals surface area contributed by atoms with Crippen LogP contribution in [-0.2, 0) is 24.0 Å². The largest absolute Gasteiger partial charge is 0.481 e. The topological polar surface area (TPSA) is 205 Å². The lowest BCUT2D eigenvalue weighted by molar-refractivity contribution is -0.143. The Morgan fingerprint density at radius 1 is 1.10 bits per heavy atom. The van der Waals surface area contributed by atoms with Crippen molar-refractivity contribution in [2.24, 2.45) is 11.5 Å². The fraction of sp³-hybridized carbons (Fsp3) is 0.706. The Labute approximate surface area is 168 Å². The second kappa shape index (κ2) is 12.0. The molecule has 3 unspecified atom stereocenters. The van der Waals surface area contributed by atoms with Crippen LogP contribution in [0.5, 0.6) is 0 Å².